The van der Waals surface area contributed by atoms with Crippen molar-refractivity contribution in [2.24, 2.45) is 0 Å². The van der Waals surface area contributed by atoms with Gasteiger partial charge in [-0.05, 0) is 51.3 Å². The summed E-state index contributed by atoms with van der Waals surface area (Å²) < 4.78 is 0.859. The number of pyridine rings is 1. The Morgan fingerprint density at radius 2 is 2.25 bits per heavy atom. The van der Waals surface area contributed by atoms with Crippen LogP contribution >= 0.6 is 12.2 Å². The molecule has 2 rings (SSSR count). The van der Waals surface area contributed by atoms with Crippen LogP contribution in [0.2, 0.25) is 0 Å². The normalized spacial score (nSPS) is 21.9. The molecule has 0 saturated carbocycles. The molecule has 3 heteroatoms. The van der Waals surface area contributed by atoms with Crippen LogP contribution in [0.4, 0.5) is 0 Å². The van der Waals surface area contributed by atoms with Crippen LogP contribution in [-0.4, -0.2) is 22.5 Å². The van der Waals surface area contributed by atoms with E-state index in [1.165, 1.54) is 30.5 Å². The molecule has 1 aromatic heterocycles. The van der Waals surface area contributed by atoms with E-state index in [0.29, 0.717) is 12.1 Å². The minimum Gasteiger partial charge on any atom is -0.352 e. The van der Waals surface area contributed by atoms with Gasteiger partial charge < -0.3 is 4.98 Å². The predicted octanol–water partition coefficient (Wildman–Crippen LogP) is 3.60. The molecule has 0 bridgehead atoms. The van der Waals surface area contributed by atoms with Crippen LogP contribution < -0.4 is 0 Å². The van der Waals surface area contributed by atoms with Crippen LogP contribution in [0.15, 0.2) is 12.3 Å². The first-order chi connectivity index (χ1) is 7.59. The highest BCUT2D eigenvalue weighted by Crippen LogP contribution is 2.33. The van der Waals surface area contributed by atoms with Gasteiger partial charge in [0.2, 0.25) is 0 Å². The lowest BCUT2D eigenvalue weighted by molar-refractivity contribution is 0.205. The lowest BCUT2D eigenvalue weighted by atomic mass is 10.0. The maximum atomic E-state index is 5.20. The third kappa shape index (κ3) is 2.20. The molecule has 1 unspecified atom stereocenters. The average Bonchev–Trinajstić information content (AvgIpc) is 2.71. The monoisotopic (exact) mass is 236 g/mol. The van der Waals surface area contributed by atoms with Crippen molar-refractivity contribution in [3.63, 3.8) is 0 Å². The van der Waals surface area contributed by atoms with Gasteiger partial charge in [0.15, 0.2) is 0 Å². The third-order valence-electron chi connectivity index (χ3n) is 3.45. The zero-order valence-corrected chi connectivity index (χ0v) is 11.1. The lowest BCUT2D eigenvalue weighted by Crippen LogP contribution is -2.30. The topological polar surface area (TPSA) is 19.0 Å². The quantitative estimate of drug-likeness (QED) is 0.791. The fraction of sp³-hybridized carbons (Fsp3) is 0.615. The summed E-state index contributed by atoms with van der Waals surface area (Å²) in [4.78, 5) is 5.77. The molecule has 1 N–H and O–H groups in total. The van der Waals surface area contributed by atoms with Crippen LogP contribution in [0.5, 0.6) is 0 Å². The highest BCUT2D eigenvalue weighted by Gasteiger charge is 2.27. The summed E-state index contributed by atoms with van der Waals surface area (Å²) in [5.74, 6) is 0. The maximum Gasteiger partial charge on any atom is 0.106 e. The first-order valence-corrected chi connectivity index (χ1v) is 6.45. The smallest absolute Gasteiger partial charge is 0.106 e. The van der Waals surface area contributed by atoms with E-state index in [2.05, 4.69) is 42.9 Å². The predicted molar refractivity (Wildman–Crippen MR) is 70.2 cm³/mol. The molecule has 1 saturated heterocycles. The number of hydrogen-bond acceptors (Lipinski definition) is 2. The number of aromatic nitrogens is 1. The molecule has 0 amide bonds. The molecule has 1 aliphatic heterocycles. The zero-order valence-electron chi connectivity index (χ0n) is 10.3. The van der Waals surface area contributed by atoms with Gasteiger partial charge in [0.1, 0.15) is 4.64 Å². The highest BCUT2D eigenvalue weighted by molar-refractivity contribution is 7.71. The first kappa shape index (κ1) is 11.8. The molecule has 1 aliphatic rings. The van der Waals surface area contributed by atoms with Gasteiger partial charge in [0.25, 0.3) is 0 Å². The maximum absolute atomic E-state index is 5.20. The molecule has 0 radical (unpaired) electrons. The summed E-state index contributed by atoms with van der Waals surface area (Å²) in [5, 5.41) is 0. The van der Waals surface area contributed by atoms with E-state index in [1.54, 1.807) is 0 Å². The van der Waals surface area contributed by atoms with Gasteiger partial charge in [-0.1, -0.05) is 18.3 Å². The second kappa shape index (κ2) is 4.68. The van der Waals surface area contributed by atoms with Gasteiger partial charge in [-0.2, -0.15) is 0 Å². The van der Waals surface area contributed by atoms with Crippen molar-refractivity contribution in [1.82, 2.24) is 9.88 Å². The second-order valence-corrected chi connectivity index (χ2v) is 5.34. The van der Waals surface area contributed by atoms with E-state index >= 15 is 0 Å². The molecule has 1 fully saturated rings. The number of nitrogens with one attached hydrogen (secondary N) is 1. The molecule has 2 nitrogen and oxygen atoms in total. The molecule has 0 aliphatic carbocycles. The Bertz CT molecular complexity index is 422. The van der Waals surface area contributed by atoms with Gasteiger partial charge in [0, 0.05) is 18.3 Å². The van der Waals surface area contributed by atoms with Crippen molar-refractivity contribution in [2.75, 3.05) is 6.54 Å². The van der Waals surface area contributed by atoms with E-state index in [1.807, 2.05) is 0 Å². The van der Waals surface area contributed by atoms with Gasteiger partial charge >= 0.3 is 0 Å². The molecule has 0 aromatic carbocycles. The number of hydrogen-bond donors (Lipinski definition) is 1. The summed E-state index contributed by atoms with van der Waals surface area (Å²) in [6.45, 7) is 7.85. The first-order valence-electron chi connectivity index (χ1n) is 6.04. The van der Waals surface area contributed by atoms with E-state index < -0.39 is 0 Å². The van der Waals surface area contributed by atoms with Crippen molar-refractivity contribution in [2.45, 2.75) is 45.7 Å². The number of nitrogens with zero attached hydrogens (tertiary/aromatic N) is 1. The summed E-state index contributed by atoms with van der Waals surface area (Å²) in [7, 11) is 0. The Morgan fingerprint density at radius 1 is 1.50 bits per heavy atom. The van der Waals surface area contributed by atoms with E-state index in [0.717, 1.165) is 4.64 Å². The molecular formula is C13H20N2S. The van der Waals surface area contributed by atoms with Crippen molar-refractivity contribution < 1.29 is 0 Å². The number of H-pyrrole nitrogens is 1. The number of rotatable bonds is 2. The van der Waals surface area contributed by atoms with E-state index in [4.69, 9.17) is 12.2 Å². The van der Waals surface area contributed by atoms with Gasteiger partial charge in [0.05, 0.1) is 0 Å². The summed E-state index contributed by atoms with van der Waals surface area (Å²) >= 11 is 5.20. The van der Waals surface area contributed by atoms with Crippen molar-refractivity contribution in [3.8, 4) is 0 Å². The minimum absolute atomic E-state index is 0.575. The van der Waals surface area contributed by atoms with Crippen molar-refractivity contribution >= 4 is 12.2 Å². The summed E-state index contributed by atoms with van der Waals surface area (Å²) in [5.41, 5.74) is 2.57. The zero-order chi connectivity index (χ0) is 11.7. The number of aromatic amines is 1. The molecule has 16 heavy (non-hydrogen) atoms. The third-order valence-corrected chi connectivity index (χ3v) is 3.89. The molecule has 1 aromatic rings. The van der Waals surface area contributed by atoms with Crippen molar-refractivity contribution in [3.05, 3.63) is 28.0 Å². The number of likely N-dealkylation sites (tertiary alicyclic amines) is 1. The highest BCUT2D eigenvalue weighted by atomic mass is 32.1. The summed E-state index contributed by atoms with van der Waals surface area (Å²) in [6.07, 6.45) is 4.65. The van der Waals surface area contributed by atoms with E-state index in [9.17, 15) is 0 Å². The van der Waals surface area contributed by atoms with Gasteiger partial charge in [-0.15, -0.1) is 0 Å². The minimum atomic E-state index is 0.575. The van der Waals surface area contributed by atoms with Gasteiger partial charge in [-0.25, -0.2) is 0 Å². The van der Waals surface area contributed by atoms with E-state index in [-0.39, 0.29) is 0 Å². The Morgan fingerprint density at radius 3 is 2.88 bits per heavy atom. The Balaban J connectivity index is 2.29. The van der Waals surface area contributed by atoms with Crippen LogP contribution in [0.25, 0.3) is 0 Å². The molecule has 2 heterocycles. The number of aryl methyl sites for hydroxylation is 1. The van der Waals surface area contributed by atoms with Gasteiger partial charge in [-0.3, -0.25) is 4.90 Å². The standard InChI is InChI=1S/C13H20N2S/c1-9(2)15-6-4-5-12(15)11-7-10(3)13(16)14-8-11/h7-9,12H,4-6H2,1-3H3,(H,14,16). The molecule has 88 valence electrons. The largest absolute Gasteiger partial charge is 0.352 e. The van der Waals surface area contributed by atoms with Crippen LogP contribution in [0.3, 0.4) is 0 Å². The van der Waals surface area contributed by atoms with Crippen LogP contribution in [-0.2, 0) is 0 Å². The Hall–Kier alpha value is -0.670. The fourth-order valence-electron chi connectivity index (χ4n) is 2.58. The van der Waals surface area contributed by atoms with Crippen LogP contribution in [0.1, 0.15) is 43.9 Å². The molecule has 0 spiro atoms. The second-order valence-electron chi connectivity index (χ2n) is 4.93. The lowest BCUT2D eigenvalue weighted by Gasteiger charge is -2.28. The fourth-order valence-corrected chi connectivity index (χ4v) is 2.70. The Labute approximate surface area is 103 Å². The summed E-state index contributed by atoms with van der Waals surface area (Å²) in [6, 6.07) is 3.44. The SMILES string of the molecule is Cc1cc(C2CCCN2C(C)C)c[nH]c1=S. The molecular weight excluding hydrogens is 216 g/mol. The Kier molecular flexibility index (Phi) is 3.45. The van der Waals surface area contributed by atoms with Crippen LogP contribution in [0, 0.1) is 11.6 Å². The average molecular weight is 236 g/mol. The van der Waals surface area contributed by atoms with Crippen molar-refractivity contribution in [1.29, 1.82) is 0 Å². The molecule has 1 atom stereocenters.